The van der Waals surface area contributed by atoms with Crippen LogP contribution in [0, 0.1) is 6.92 Å². The summed E-state index contributed by atoms with van der Waals surface area (Å²) in [5.74, 6) is -0.214. The third-order valence-corrected chi connectivity index (χ3v) is 5.86. The maximum absolute atomic E-state index is 12.3. The molecule has 0 aliphatic carbocycles. The summed E-state index contributed by atoms with van der Waals surface area (Å²) >= 11 is 1.33. The van der Waals surface area contributed by atoms with E-state index in [1.54, 1.807) is 35.2 Å². The number of aryl methyl sites for hydroxylation is 1. The van der Waals surface area contributed by atoms with E-state index in [0.29, 0.717) is 34.4 Å². The van der Waals surface area contributed by atoms with Crippen molar-refractivity contribution in [2.45, 2.75) is 6.92 Å². The molecule has 3 aromatic rings. The predicted octanol–water partition coefficient (Wildman–Crippen LogP) is 3.40. The van der Waals surface area contributed by atoms with Crippen LogP contribution in [0.3, 0.4) is 0 Å². The van der Waals surface area contributed by atoms with Gasteiger partial charge >= 0.3 is 0 Å². The zero-order valence-corrected chi connectivity index (χ0v) is 18.8. The van der Waals surface area contributed by atoms with Crippen molar-refractivity contribution in [3.8, 4) is 17.0 Å². The van der Waals surface area contributed by atoms with Crippen LogP contribution in [0.4, 0.5) is 10.8 Å². The van der Waals surface area contributed by atoms with Crippen LogP contribution < -0.4 is 20.3 Å². The van der Waals surface area contributed by atoms with E-state index in [0.717, 1.165) is 10.4 Å². The zero-order chi connectivity index (χ0) is 23.4. The molecule has 3 amide bonds. The van der Waals surface area contributed by atoms with E-state index in [-0.39, 0.29) is 30.9 Å². The molecule has 1 aliphatic rings. The number of thiazole rings is 1. The van der Waals surface area contributed by atoms with Crippen molar-refractivity contribution in [3.63, 3.8) is 0 Å². The Balaban J connectivity index is 1.46. The van der Waals surface area contributed by atoms with Crippen molar-refractivity contribution in [3.05, 3.63) is 71.6 Å². The van der Waals surface area contributed by atoms with Gasteiger partial charge in [0.25, 0.3) is 11.8 Å². The number of ether oxygens (including phenoxy) is 1. The van der Waals surface area contributed by atoms with E-state index in [2.05, 4.69) is 22.2 Å². The molecule has 0 unspecified atom stereocenters. The Morgan fingerprint density at radius 2 is 2.03 bits per heavy atom. The molecule has 4 rings (SSSR count). The molecule has 1 aromatic heterocycles. The van der Waals surface area contributed by atoms with Crippen molar-refractivity contribution in [2.24, 2.45) is 0 Å². The average Bonchev–Trinajstić information content (AvgIpc) is 3.19. The largest absolute Gasteiger partial charge is 0.482 e. The minimum atomic E-state index is -0.374. The minimum absolute atomic E-state index is 0.00704. The van der Waals surface area contributed by atoms with Gasteiger partial charge in [-0.1, -0.05) is 24.3 Å². The molecule has 0 fully saturated rings. The minimum Gasteiger partial charge on any atom is -0.482 e. The van der Waals surface area contributed by atoms with Crippen LogP contribution in [0.2, 0.25) is 0 Å². The van der Waals surface area contributed by atoms with Crippen molar-refractivity contribution < 1.29 is 19.1 Å². The van der Waals surface area contributed by atoms with Gasteiger partial charge in [-0.2, -0.15) is 0 Å². The Bertz CT molecular complexity index is 1220. The van der Waals surface area contributed by atoms with Crippen LogP contribution in [-0.4, -0.2) is 42.4 Å². The number of rotatable bonds is 7. The maximum Gasteiger partial charge on any atom is 0.265 e. The number of carbonyl (C=O) groups is 3. The van der Waals surface area contributed by atoms with E-state index >= 15 is 0 Å². The SMILES string of the molecule is C=CCN1C(=O)COc2ccc(-c3nc(NC(=O)CNC(=O)c4ccccc4)sc3C)cc21. The molecule has 0 saturated heterocycles. The third-order valence-electron chi connectivity index (χ3n) is 4.98. The number of hydrogen-bond acceptors (Lipinski definition) is 6. The van der Waals surface area contributed by atoms with E-state index in [9.17, 15) is 14.4 Å². The fraction of sp³-hybridized carbons (Fsp3) is 0.167. The van der Waals surface area contributed by atoms with Crippen molar-refractivity contribution in [2.75, 3.05) is 29.9 Å². The summed E-state index contributed by atoms with van der Waals surface area (Å²) in [5.41, 5.74) is 2.64. The van der Waals surface area contributed by atoms with Crippen molar-refractivity contribution in [1.82, 2.24) is 10.3 Å². The molecule has 2 N–H and O–H groups in total. The fourth-order valence-corrected chi connectivity index (χ4v) is 4.26. The van der Waals surface area contributed by atoms with E-state index in [1.807, 2.05) is 31.2 Å². The molecule has 33 heavy (non-hydrogen) atoms. The molecule has 0 bridgehead atoms. The van der Waals surface area contributed by atoms with Gasteiger partial charge in [0.1, 0.15) is 5.75 Å². The molecular weight excluding hydrogens is 440 g/mol. The van der Waals surface area contributed by atoms with Crippen LogP contribution in [0.25, 0.3) is 11.3 Å². The summed E-state index contributed by atoms with van der Waals surface area (Å²) in [5, 5.41) is 5.75. The molecule has 9 heteroatoms. The Hall–Kier alpha value is -3.98. The molecule has 2 aromatic carbocycles. The molecule has 2 heterocycles. The normalized spacial score (nSPS) is 12.5. The lowest BCUT2D eigenvalue weighted by Crippen LogP contribution is -2.38. The van der Waals surface area contributed by atoms with Crippen LogP contribution in [0.5, 0.6) is 5.75 Å². The first kappa shape index (κ1) is 22.2. The highest BCUT2D eigenvalue weighted by Gasteiger charge is 2.25. The number of nitrogens with zero attached hydrogens (tertiary/aromatic N) is 2. The number of aromatic nitrogens is 1. The predicted molar refractivity (Wildman–Crippen MR) is 128 cm³/mol. The Kier molecular flexibility index (Phi) is 6.50. The summed E-state index contributed by atoms with van der Waals surface area (Å²) in [6.45, 7) is 5.83. The summed E-state index contributed by atoms with van der Waals surface area (Å²) in [7, 11) is 0. The number of anilines is 2. The van der Waals surface area contributed by atoms with Gasteiger partial charge in [-0.25, -0.2) is 4.98 Å². The molecular formula is C24H22N4O4S. The quantitative estimate of drug-likeness (QED) is 0.524. The second-order valence-electron chi connectivity index (χ2n) is 7.28. The van der Waals surface area contributed by atoms with Gasteiger partial charge in [0.15, 0.2) is 11.7 Å². The van der Waals surface area contributed by atoms with Gasteiger partial charge < -0.3 is 20.3 Å². The second kappa shape index (κ2) is 9.66. The fourth-order valence-electron chi connectivity index (χ4n) is 3.41. The third kappa shape index (κ3) is 4.93. The van der Waals surface area contributed by atoms with Gasteiger partial charge in [0, 0.05) is 22.5 Å². The maximum atomic E-state index is 12.3. The summed E-state index contributed by atoms with van der Waals surface area (Å²) in [4.78, 5) is 43.8. The van der Waals surface area contributed by atoms with Gasteiger partial charge in [0.2, 0.25) is 5.91 Å². The average molecular weight is 463 g/mol. The number of nitrogens with one attached hydrogen (secondary N) is 2. The topological polar surface area (TPSA) is 101 Å². The molecule has 0 spiro atoms. The number of benzene rings is 2. The Morgan fingerprint density at radius 1 is 1.24 bits per heavy atom. The lowest BCUT2D eigenvalue weighted by Gasteiger charge is -2.28. The molecule has 168 valence electrons. The van der Waals surface area contributed by atoms with Crippen molar-refractivity contribution >= 4 is 39.9 Å². The molecule has 0 atom stereocenters. The van der Waals surface area contributed by atoms with Gasteiger partial charge in [0.05, 0.1) is 17.9 Å². The van der Waals surface area contributed by atoms with Crippen LogP contribution in [-0.2, 0) is 9.59 Å². The van der Waals surface area contributed by atoms with Gasteiger partial charge in [-0.05, 0) is 37.3 Å². The monoisotopic (exact) mass is 462 g/mol. The lowest BCUT2D eigenvalue weighted by atomic mass is 10.1. The number of fused-ring (bicyclic) bond motifs is 1. The number of carbonyl (C=O) groups excluding carboxylic acids is 3. The van der Waals surface area contributed by atoms with Crippen molar-refractivity contribution in [1.29, 1.82) is 0 Å². The highest BCUT2D eigenvalue weighted by molar-refractivity contribution is 7.16. The first-order valence-electron chi connectivity index (χ1n) is 10.2. The van der Waals surface area contributed by atoms with E-state index in [4.69, 9.17) is 4.74 Å². The Morgan fingerprint density at radius 3 is 2.79 bits per heavy atom. The van der Waals surface area contributed by atoms with Crippen LogP contribution in [0.15, 0.2) is 61.2 Å². The molecule has 8 nitrogen and oxygen atoms in total. The number of hydrogen-bond donors (Lipinski definition) is 2. The highest BCUT2D eigenvalue weighted by atomic mass is 32.1. The summed E-state index contributed by atoms with van der Waals surface area (Å²) in [6, 6.07) is 14.2. The highest BCUT2D eigenvalue weighted by Crippen LogP contribution is 2.38. The van der Waals surface area contributed by atoms with Crippen LogP contribution in [0.1, 0.15) is 15.2 Å². The zero-order valence-electron chi connectivity index (χ0n) is 18.0. The van der Waals surface area contributed by atoms with E-state index < -0.39 is 0 Å². The first-order valence-corrected chi connectivity index (χ1v) is 11.1. The van der Waals surface area contributed by atoms with E-state index in [1.165, 1.54) is 11.3 Å². The van der Waals surface area contributed by atoms with Gasteiger partial charge in [-0.3, -0.25) is 14.4 Å². The molecule has 0 saturated carbocycles. The lowest BCUT2D eigenvalue weighted by molar-refractivity contribution is -0.121. The summed E-state index contributed by atoms with van der Waals surface area (Å²) in [6.07, 6.45) is 1.66. The van der Waals surface area contributed by atoms with Crippen LogP contribution >= 0.6 is 11.3 Å². The molecule has 0 radical (unpaired) electrons. The van der Waals surface area contributed by atoms with Gasteiger partial charge in [-0.15, -0.1) is 17.9 Å². The smallest absolute Gasteiger partial charge is 0.265 e. The number of amides is 3. The molecule has 1 aliphatic heterocycles. The second-order valence-corrected chi connectivity index (χ2v) is 8.49. The Labute approximate surface area is 194 Å². The summed E-state index contributed by atoms with van der Waals surface area (Å²) < 4.78 is 5.53. The standard InChI is InChI=1S/C24H22N4O4S/c1-3-11-28-18-12-17(9-10-19(18)32-14-21(28)30)22-15(2)33-24(27-22)26-20(29)13-25-23(31)16-7-5-4-6-8-16/h3-10,12H,1,11,13-14H2,2H3,(H,25,31)(H,26,27,29). The first-order chi connectivity index (χ1) is 16.0.